The maximum Gasteiger partial charge on any atom is 0.135 e. The van der Waals surface area contributed by atoms with Gasteiger partial charge in [-0.25, -0.2) is 4.98 Å². The zero-order valence-corrected chi connectivity index (χ0v) is 47.9. The van der Waals surface area contributed by atoms with Gasteiger partial charge in [0.1, 0.15) is 5.82 Å². The molecule has 1 aliphatic heterocycles. The van der Waals surface area contributed by atoms with Crippen LogP contribution in [0.1, 0.15) is 106 Å². The number of benzene rings is 9. The largest absolute Gasteiger partial charge is 0.509 e. The van der Waals surface area contributed by atoms with Gasteiger partial charge in [0.25, 0.3) is 0 Å². The van der Waals surface area contributed by atoms with Crippen LogP contribution in [0.4, 0.5) is 22.7 Å². The molecular formula is C73H64N5OPt-3. The Kier molecular flexibility index (Phi) is 9.16. The molecule has 0 atom stereocenters. The Bertz CT molecular complexity index is 5130. The molecule has 0 bridgehead atoms. The van der Waals surface area contributed by atoms with Crippen molar-refractivity contribution in [2.24, 2.45) is 0 Å². The summed E-state index contributed by atoms with van der Waals surface area (Å²) >= 11 is 0. The molecule has 0 saturated heterocycles. The molecule has 0 fully saturated rings. The molecule has 0 amide bonds. The molecule has 6 nitrogen and oxygen atoms in total. The van der Waals surface area contributed by atoms with E-state index in [1.807, 2.05) is 23.7 Å². The molecule has 0 saturated carbocycles. The van der Waals surface area contributed by atoms with Crippen molar-refractivity contribution >= 4 is 66.4 Å². The smallest absolute Gasteiger partial charge is 0.135 e. The van der Waals surface area contributed by atoms with E-state index in [4.69, 9.17) is 26.2 Å². The molecule has 13 rings (SSSR count). The van der Waals surface area contributed by atoms with Gasteiger partial charge in [0.05, 0.1) is 28.9 Å². The Balaban J connectivity index is 0.00000881. The number of anilines is 4. The SMILES string of the molecule is [2H]c1c([2H])c([2H])c(-c2cnc(-n3c4[c-]c(Oc5[c-]c(N6[CH-]N(c7cc(C(C)(C)C)cc(C(C)(C)C)c7)c7cc(-c8cccc(C(C)(C)C)c8)ccc76)ccc5)cc(-n5c6c([2H])c([2H])c([2H])c([2H])c6c6c([2H])c([2H])c([2H])c([2H])c65)c4c4ccccc43)cc2C([2H])([2H])[2H])c([2H])c1[2H].[Pt]. The number of ether oxygens (including phenoxy) is 1. The predicted octanol–water partition coefficient (Wildman–Crippen LogP) is 19.6. The second kappa shape index (κ2) is 19.9. The molecule has 0 N–H and O–H groups in total. The van der Waals surface area contributed by atoms with E-state index in [9.17, 15) is 5.48 Å². The van der Waals surface area contributed by atoms with Crippen molar-refractivity contribution in [2.45, 2.75) is 85.4 Å². The number of hydrogen-bond acceptors (Lipinski definition) is 4. The van der Waals surface area contributed by atoms with E-state index in [-0.39, 0.29) is 98.8 Å². The first kappa shape index (κ1) is 36.9. The molecule has 3 aromatic heterocycles. The predicted molar refractivity (Wildman–Crippen MR) is 330 cm³/mol. The maximum atomic E-state index is 9.56. The first-order chi connectivity index (χ1) is 44.6. The van der Waals surface area contributed by atoms with Gasteiger partial charge in [0, 0.05) is 81.8 Å². The zero-order chi connectivity index (χ0) is 68.3. The van der Waals surface area contributed by atoms with Crippen molar-refractivity contribution in [2.75, 3.05) is 9.80 Å². The number of nitrogens with zero attached hydrogens (tertiary/aromatic N) is 5. The van der Waals surface area contributed by atoms with Crippen molar-refractivity contribution in [3.8, 4) is 45.3 Å². The first-order valence-corrected chi connectivity index (χ1v) is 26.2. The van der Waals surface area contributed by atoms with Crippen molar-refractivity contribution in [3.63, 3.8) is 0 Å². The van der Waals surface area contributed by atoms with Gasteiger partial charge < -0.3 is 23.7 Å². The quantitative estimate of drug-likeness (QED) is 0.142. The number of hydrogen-bond donors (Lipinski definition) is 0. The zero-order valence-electron chi connectivity index (χ0n) is 61.6. The number of aromatic nitrogens is 3. The molecule has 0 aliphatic carbocycles. The second-order valence-electron chi connectivity index (χ2n) is 23.1. The number of fused-ring (bicyclic) bond motifs is 7. The summed E-state index contributed by atoms with van der Waals surface area (Å²) in [5, 5.41) is 0.423. The molecule has 12 aromatic rings. The molecule has 0 spiro atoms. The molecule has 0 unspecified atom stereocenters. The van der Waals surface area contributed by atoms with Crippen LogP contribution in [-0.2, 0) is 37.3 Å². The minimum atomic E-state index is -2.97. The van der Waals surface area contributed by atoms with Crippen LogP contribution in [0, 0.1) is 25.7 Å². The third-order valence-corrected chi connectivity index (χ3v) is 14.7. The minimum absolute atomic E-state index is 0. The Morgan fingerprint density at radius 3 is 1.88 bits per heavy atom. The fourth-order valence-corrected chi connectivity index (χ4v) is 10.5. The van der Waals surface area contributed by atoms with E-state index < -0.39 is 91.0 Å². The van der Waals surface area contributed by atoms with E-state index in [2.05, 4.69) is 140 Å². The maximum absolute atomic E-state index is 9.56. The molecule has 1 aliphatic rings. The van der Waals surface area contributed by atoms with Gasteiger partial charge in [0.15, 0.2) is 0 Å². The molecule has 400 valence electrons. The number of aryl methyl sites for hydroxylation is 1. The average molecular weight is 1240 g/mol. The summed E-state index contributed by atoms with van der Waals surface area (Å²) in [6.45, 7) is 18.9. The van der Waals surface area contributed by atoms with Gasteiger partial charge in [-0.3, -0.25) is 0 Å². The van der Waals surface area contributed by atoms with Gasteiger partial charge in [-0.2, -0.15) is 6.07 Å². The van der Waals surface area contributed by atoms with Crippen LogP contribution in [0.2, 0.25) is 0 Å². The Hall–Kier alpha value is -8.18. The van der Waals surface area contributed by atoms with Gasteiger partial charge >= 0.3 is 0 Å². The minimum Gasteiger partial charge on any atom is -0.509 e. The Morgan fingerprint density at radius 2 is 1.18 bits per heavy atom. The monoisotopic (exact) mass is 1240 g/mol. The summed E-state index contributed by atoms with van der Waals surface area (Å²) in [6, 6.07) is 36.0. The number of pyridine rings is 1. The topological polar surface area (TPSA) is 38.5 Å². The summed E-state index contributed by atoms with van der Waals surface area (Å²) in [5.74, 6) is 0.118. The van der Waals surface area contributed by atoms with Crippen LogP contribution in [0.3, 0.4) is 0 Å². The average Bonchev–Trinajstić information content (AvgIpc) is 1.53. The summed E-state index contributed by atoms with van der Waals surface area (Å²) < 4.78 is 153. The van der Waals surface area contributed by atoms with Crippen molar-refractivity contribution in [3.05, 3.63) is 241 Å². The normalized spacial score (nSPS) is 15.9. The van der Waals surface area contributed by atoms with E-state index in [1.165, 1.54) is 16.2 Å². The van der Waals surface area contributed by atoms with E-state index >= 15 is 0 Å². The van der Waals surface area contributed by atoms with Crippen LogP contribution in [0.5, 0.6) is 11.5 Å². The van der Waals surface area contributed by atoms with E-state index in [0.29, 0.717) is 22.0 Å². The summed E-state index contributed by atoms with van der Waals surface area (Å²) in [5.41, 5.74) is 7.69. The van der Waals surface area contributed by atoms with Crippen molar-refractivity contribution in [1.29, 1.82) is 0 Å². The van der Waals surface area contributed by atoms with Crippen LogP contribution in [-0.4, -0.2) is 14.1 Å². The number of rotatable bonds is 8. The van der Waals surface area contributed by atoms with Gasteiger partial charge in [-0.1, -0.05) is 194 Å². The fourth-order valence-electron chi connectivity index (χ4n) is 10.5. The summed E-state index contributed by atoms with van der Waals surface area (Å²) in [6.07, 6.45) is 1.15. The van der Waals surface area contributed by atoms with Crippen molar-refractivity contribution < 1.29 is 47.7 Å². The molecule has 4 heterocycles. The third kappa shape index (κ3) is 9.27. The molecule has 0 radical (unpaired) electrons. The molecule has 9 aromatic carbocycles. The molecular weight excluding hydrogens is 1160 g/mol. The summed E-state index contributed by atoms with van der Waals surface area (Å²) in [7, 11) is 0. The standard InChI is InChI=1S/C73H64N5O.Pt/c1-47-36-69(74-45-61(47)48-22-12-11-13-23-48)78-64-33-19-16-30-60(64)70-67(77-62-31-17-14-28-58(62)59-29-15-18-32-63(59)77)43-57(44-68(70)78)79-56-27-21-26-54(42-56)75-46-76(55-40-52(72(5,6)7)39-53(41-55)73(8,9)10)66-38-50(34-35-65(66)75)49-24-20-25-51(37-49)71(2,3)4;/h11-41,43,45-46H,1-10H3;/q-3;/i1D3,11D,12D,13D,14D,15D,17D,18D,22D,23D,28D,29D,31D,32D;. The van der Waals surface area contributed by atoms with Crippen LogP contribution in [0.25, 0.3) is 77.4 Å². The van der Waals surface area contributed by atoms with Crippen LogP contribution >= 0.6 is 0 Å². The first-order valence-electron chi connectivity index (χ1n) is 34.2. The van der Waals surface area contributed by atoms with E-state index in [0.717, 1.165) is 45.5 Å². The van der Waals surface area contributed by atoms with Gasteiger partial charge in [-0.15, -0.1) is 42.7 Å². The fraction of sp³-hybridized carbons (Fsp3) is 0.178. The van der Waals surface area contributed by atoms with Crippen LogP contribution < -0.4 is 14.5 Å². The van der Waals surface area contributed by atoms with Crippen molar-refractivity contribution in [1.82, 2.24) is 14.1 Å². The van der Waals surface area contributed by atoms with Crippen LogP contribution in [0.15, 0.2) is 200 Å². The Morgan fingerprint density at radius 1 is 0.512 bits per heavy atom. The van der Waals surface area contributed by atoms with Gasteiger partial charge in [0.2, 0.25) is 0 Å². The summed E-state index contributed by atoms with van der Waals surface area (Å²) in [4.78, 5) is 9.03. The molecule has 80 heavy (non-hydrogen) atoms. The number of para-hydroxylation sites is 3. The second-order valence-corrected chi connectivity index (χ2v) is 23.1. The Labute approximate surface area is 507 Å². The van der Waals surface area contributed by atoms with Gasteiger partial charge in [-0.05, 0) is 122 Å². The van der Waals surface area contributed by atoms with E-state index in [1.54, 1.807) is 41.0 Å². The molecule has 7 heteroatoms. The third-order valence-electron chi connectivity index (χ3n) is 14.7.